The van der Waals surface area contributed by atoms with Gasteiger partial charge in [-0.25, -0.2) is 9.97 Å². The normalized spacial score (nSPS) is 11.8. The van der Waals surface area contributed by atoms with E-state index in [2.05, 4.69) is 25.3 Å². The van der Waals surface area contributed by atoms with Crippen LogP contribution in [0.2, 0.25) is 0 Å². The fourth-order valence-electron chi connectivity index (χ4n) is 3.42. The molecule has 0 aliphatic carbocycles. The molecular weight excluding hydrogens is 471 g/mol. The van der Waals surface area contributed by atoms with Crippen LogP contribution in [0, 0.1) is 0 Å². The Morgan fingerprint density at radius 1 is 1.12 bits per heavy atom. The van der Waals surface area contributed by atoms with Crippen LogP contribution in [0.4, 0.5) is 24.3 Å². The number of imidazole rings is 1. The molecule has 2 aromatic carbocycles. The van der Waals surface area contributed by atoms with Crippen molar-refractivity contribution < 1.29 is 27.4 Å². The number of aryl methyl sites for hydroxylation is 1. The number of ether oxygens (including phenoxy) is 2. The predicted octanol–water partition coefficient (Wildman–Crippen LogP) is 5.07. The van der Waals surface area contributed by atoms with E-state index < -0.39 is 6.36 Å². The summed E-state index contributed by atoms with van der Waals surface area (Å²) >= 11 is 1.18. The second-order valence-electron chi connectivity index (χ2n) is 7.16. The van der Waals surface area contributed by atoms with Crippen LogP contribution in [0.1, 0.15) is 24.2 Å². The molecule has 0 radical (unpaired) electrons. The Bertz CT molecular complexity index is 1320. The van der Waals surface area contributed by atoms with Crippen molar-refractivity contribution in [3.63, 3.8) is 0 Å². The molecule has 4 rings (SSSR count). The highest BCUT2D eigenvalue weighted by Gasteiger charge is 2.31. The number of hydrogen-bond acceptors (Lipinski definition) is 7. The lowest BCUT2D eigenvalue weighted by Gasteiger charge is -2.07. The summed E-state index contributed by atoms with van der Waals surface area (Å²) in [4.78, 5) is 21.4. The van der Waals surface area contributed by atoms with E-state index in [1.54, 1.807) is 12.1 Å². The smallest absolute Gasteiger partial charge is 0.406 e. The molecule has 34 heavy (non-hydrogen) atoms. The molecule has 1 amide bonds. The van der Waals surface area contributed by atoms with Crippen molar-refractivity contribution in [2.24, 2.45) is 0 Å². The van der Waals surface area contributed by atoms with E-state index in [-0.39, 0.29) is 11.7 Å². The first-order chi connectivity index (χ1) is 16.3. The van der Waals surface area contributed by atoms with E-state index in [1.165, 1.54) is 29.5 Å². The van der Waals surface area contributed by atoms with Gasteiger partial charge in [-0.1, -0.05) is 11.3 Å². The minimum Gasteiger partial charge on any atom is -0.406 e. The van der Waals surface area contributed by atoms with E-state index in [0.717, 1.165) is 5.52 Å². The summed E-state index contributed by atoms with van der Waals surface area (Å²) in [5, 5.41) is 6.42. The minimum atomic E-state index is -4.76. The number of carbonyl (C=O) groups excluding carboxylic acids is 1. The van der Waals surface area contributed by atoms with Gasteiger partial charge in [0.05, 0.1) is 27.9 Å². The first kappa shape index (κ1) is 23.8. The van der Waals surface area contributed by atoms with Gasteiger partial charge in [0.25, 0.3) is 5.91 Å². The summed E-state index contributed by atoms with van der Waals surface area (Å²) in [6.45, 7) is 5.89. The molecule has 0 fully saturated rings. The second-order valence-corrected chi connectivity index (χ2v) is 8.19. The van der Waals surface area contributed by atoms with E-state index in [0.29, 0.717) is 58.7 Å². The van der Waals surface area contributed by atoms with Gasteiger partial charge in [0.1, 0.15) is 5.75 Å². The zero-order chi connectivity index (χ0) is 24.3. The summed E-state index contributed by atoms with van der Waals surface area (Å²) in [5.74, 6) is -0.00880. The number of benzene rings is 2. The molecule has 12 heteroatoms. The van der Waals surface area contributed by atoms with Gasteiger partial charge in [-0.3, -0.25) is 4.79 Å². The third-order valence-electron chi connectivity index (χ3n) is 4.87. The Labute approximate surface area is 196 Å². The lowest BCUT2D eigenvalue weighted by Crippen LogP contribution is -2.27. The van der Waals surface area contributed by atoms with Crippen molar-refractivity contribution in [1.82, 2.24) is 19.9 Å². The Morgan fingerprint density at radius 3 is 2.68 bits per heavy atom. The van der Waals surface area contributed by atoms with E-state index >= 15 is 0 Å². The number of nitrogens with zero attached hydrogens (tertiary/aromatic N) is 3. The monoisotopic (exact) mass is 493 g/mol. The lowest BCUT2D eigenvalue weighted by molar-refractivity contribution is -0.274. The van der Waals surface area contributed by atoms with E-state index in [4.69, 9.17) is 4.74 Å². The molecule has 4 aromatic rings. The number of thiazole rings is 1. The highest BCUT2D eigenvalue weighted by Crippen LogP contribution is 2.33. The number of hydrogen-bond donors (Lipinski definition) is 2. The van der Waals surface area contributed by atoms with Gasteiger partial charge in [-0.05, 0) is 44.2 Å². The maximum Gasteiger partial charge on any atom is 0.573 e. The van der Waals surface area contributed by atoms with Gasteiger partial charge in [-0.2, -0.15) is 0 Å². The highest BCUT2D eigenvalue weighted by molar-refractivity contribution is 7.22. The molecule has 2 N–H and O–H groups in total. The fraction of sp³-hybridized carbons (Fsp3) is 0.318. The first-order valence-corrected chi connectivity index (χ1v) is 11.4. The number of alkyl halides is 3. The molecule has 2 heterocycles. The van der Waals surface area contributed by atoms with Gasteiger partial charge in [0.15, 0.2) is 5.13 Å². The number of amides is 1. The SMILES string of the molecule is CCOCCNC(=O)c1ccc2c(c1)nc(Nc1nc3ccc(OC(F)(F)F)cc3s1)n2CC. The predicted molar refractivity (Wildman–Crippen MR) is 124 cm³/mol. The highest BCUT2D eigenvalue weighted by atomic mass is 32.1. The fourth-order valence-corrected chi connectivity index (χ4v) is 4.31. The third kappa shape index (κ3) is 5.39. The van der Waals surface area contributed by atoms with Crippen LogP contribution in [0.25, 0.3) is 21.3 Å². The number of nitrogens with one attached hydrogen (secondary N) is 2. The molecule has 0 spiro atoms. The number of carbonyl (C=O) groups is 1. The quantitative estimate of drug-likeness (QED) is 0.316. The van der Waals surface area contributed by atoms with Crippen LogP contribution >= 0.6 is 11.3 Å². The van der Waals surface area contributed by atoms with Gasteiger partial charge < -0.3 is 24.7 Å². The zero-order valence-electron chi connectivity index (χ0n) is 18.4. The molecule has 180 valence electrons. The summed E-state index contributed by atoms with van der Waals surface area (Å²) in [6, 6.07) is 9.26. The largest absolute Gasteiger partial charge is 0.573 e. The molecule has 0 saturated carbocycles. The second kappa shape index (κ2) is 9.85. The topological polar surface area (TPSA) is 90.3 Å². The number of halogens is 3. The summed E-state index contributed by atoms with van der Waals surface area (Å²) in [5.41, 5.74) is 2.47. The van der Waals surface area contributed by atoms with Crippen molar-refractivity contribution in [3.05, 3.63) is 42.0 Å². The molecule has 0 atom stereocenters. The van der Waals surface area contributed by atoms with Crippen molar-refractivity contribution in [2.45, 2.75) is 26.8 Å². The molecule has 0 aliphatic rings. The Balaban J connectivity index is 1.56. The Kier molecular flexibility index (Phi) is 6.89. The Morgan fingerprint density at radius 2 is 1.94 bits per heavy atom. The number of anilines is 2. The van der Waals surface area contributed by atoms with E-state index in [9.17, 15) is 18.0 Å². The molecule has 0 bridgehead atoms. The van der Waals surface area contributed by atoms with Crippen LogP contribution in [0.5, 0.6) is 5.75 Å². The maximum atomic E-state index is 12.5. The summed E-state index contributed by atoms with van der Waals surface area (Å²) < 4.78 is 49.2. The van der Waals surface area contributed by atoms with Crippen molar-refractivity contribution in [3.8, 4) is 5.75 Å². The molecule has 8 nitrogen and oxygen atoms in total. The van der Waals surface area contributed by atoms with Crippen LogP contribution in [-0.2, 0) is 11.3 Å². The van der Waals surface area contributed by atoms with Gasteiger partial charge in [0.2, 0.25) is 5.95 Å². The number of rotatable bonds is 9. The molecule has 0 unspecified atom stereocenters. The lowest BCUT2D eigenvalue weighted by atomic mass is 10.2. The first-order valence-electron chi connectivity index (χ1n) is 10.6. The number of fused-ring (bicyclic) bond motifs is 2. The molecule has 2 aromatic heterocycles. The zero-order valence-corrected chi connectivity index (χ0v) is 19.2. The molecule has 0 aliphatic heterocycles. The van der Waals surface area contributed by atoms with Gasteiger partial charge in [0, 0.05) is 31.3 Å². The van der Waals surface area contributed by atoms with Crippen LogP contribution in [0.15, 0.2) is 36.4 Å². The summed E-state index contributed by atoms with van der Waals surface area (Å²) in [7, 11) is 0. The average Bonchev–Trinajstić information content (AvgIpc) is 3.34. The third-order valence-corrected chi connectivity index (χ3v) is 5.81. The van der Waals surface area contributed by atoms with Gasteiger partial charge in [-0.15, -0.1) is 13.2 Å². The Hall–Kier alpha value is -3.38. The van der Waals surface area contributed by atoms with Crippen LogP contribution in [0.3, 0.4) is 0 Å². The average molecular weight is 494 g/mol. The van der Waals surface area contributed by atoms with Crippen molar-refractivity contribution in [1.29, 1.82) is 0 Å². The summed E-state index contributed by atoms with van der Waals surface area (Å²) in [6.07, 6.45) is -4.76. The number of aromatic nitrogens is 3. The van der Waals surface area contributed by atoms with Gasteiger partial charge >= 0.3 is 6.36 Å². The van der Waals surface area contributed by atoms with Crippen molar-refractivity contribution >= 4 is 49.6 Å². The standard InChI is InChI=1S/C22H22F3N5O3S/c1-3-30-17-8-5-13(19(31)26-9-10-32-4-2)11-16(17)27-20(30)29-21-28-15-7-6-14(12-18(15)34-21)33-22(23,24)25/h5-8,11-12H,3-4,9-10H2,1-2H3,(H,26,31)(H,27,28,29). The molecule has 0 saturated heterocycles. The van der Waals surface area contributed by atoms with Crippen LogP contribution < -0.4 is 15.4 Å². The molecular formula is C22H22F3N5O3S. The van der Waals surface area contributed by atoms with E-state index in [1.807, 2.05) is 24.5 Å². The maximum absolute atomic E-state index is 12.5. The van der Waals surface area contributed by atoms with Crippen molar-refractivity contribution in [2.75, 3.05) is 25.1 Å². The van der Waals surface area contributed by atoms with Crippen LogP contribution in [-0.4, -0.2) is 46.6 Å². The minimum absolute atomic E-state index is 0.217.